The summed E-state index contributed by atoms with van der Waals surface area (Å²) in [7, 11) is 0. The Morgan fingerprint density at radius 3 is 2.67 bits per heavy atom. The molecule has 0 saturated carbocycles. The summed E-state index contributed by atoms with van der Waals surface area (Å²) in [5.41, 5.74) is 2.05. The number of ether oxygens (including phenoxy) is 1. The number of nitrogens with zero attached hydrogens (tertiary/aromatic N) is 3. The Balaban J connectivity index is 1.62. The van der Waals surface area contributed by atoms with Gasteiger partial charge in [-0.05, 0) is 36.4 Å². The van der Waals surface area contributed by atoms with E-state index in [9.17, 15) is 4.79 Å². The maximum Gasteiger partial charge on any atom is 0.335 e. The summed E-state index contributed by atoms with van der Waals surface area (Å²) >= 11 is 0. The van der Waals surface area contributed by atoms with E-state index in [1.54, 1.807) is 16.8 Å². The van der Waals surface area contributed by atoms with E-state index in [0.717, 1.165) is 11.0 Å². The maximum atomic E-state index is 10.7. The smallest absolute Gasteiger partial charge is 0.335 e. The number of hydrogen-bond donors (Lipinski definition) is 1. The fraction of sp³-hybridized carbons (Fsp3) is 0.133. The first-order valence-corrected chi connectivity index (χ1v) is 6.48. The number of rotatable bonds is 5. The first-order valence-electron chi connectivity index (χ1n) is 6.48. The van der Waals surface area contributed by atoms with Crippen molar-refractivity contribution in [2.24, 2.45) is 0 Å². The summed E-state index contributed by atoms with van der Waals surface area (Å²) in [6.07, 6.45) is 0. The summed E-state index contributed by atoms with van der Waals surface area (Å²) in [5.74, 6) is -0.319. The average molecular weight is 283 g/mol. The van der Waals surface area contributed by atoms with Crippen molar-refractivity contribution in [3.8, 4) is 5.75 Å². The molecule has 0 fully saturated rings. The van der Waals surface area contributed by atoms with Crippen LogP contribution in [0.15, 0.2) is 48.5 Å². The number of aromatic nitrogens is 3. The zero-order valence-electron chi connectivity index (χ0n) is 11.1. The van der Waals surface area contributed by atoms with E-state index in [1.165, 1.54) is 12.1 Å². The van der Waals surface area contributed by atoms with Crippen LogP contribution in [0, 0.1) is 0 Å². The molecule has 0 aliphatic heterocycles. The lowest BCUT2D eigenvalue weighted by Gasteiger charge is -2.06. The Morgan fingerprint density at radius 1 is 1.14 bits per heavy atom. The molecule has 0 atom stereocenters. The van der Waals surface area contributed by atoms with Crippen LogP contribution in [0.5, 0.6) is 5.75 Å². The summed E-state index contributed by atoms with van der Waals surface area (Å²) in [6, 6.07) is 14.0. The minimum Gasteiger partial charge on any atom is -0.492 e. The average Bonchev–Trinajstić information content (AvgIpc) is 2.91. The van der Waals surface area contributed by atoms with Gasteiger partial charge >= 0.3 is 5.97 Å². The molecule has 2 aromatic carbocycles. The standard InChI is InChI=1S/C15H13N3O3/c19-15(20)11-5-7-12(8-6-11)21-10-9-18-14-4-2-1-3-13(14)16-17-18/h1-8H,9-10H2,(H,19,20). The lowest BCUT2D eigenvalue weighted by Crippen LogP contribution is -2.09. The van der Waals surface area contributed by atoms with E-state index >= 15 is 0 Å². The van der Waals surface area contributed by atoms with Gasteiger partial charge in [0.25, 0.3) is 0 Å². The van der Waals surface area contributed by atoms with Gasteiger partial charge in [-0.2, -0.15) is 0 Å². The molecule has 0 saturated heterocycles. The second-order valence-electron chi connectivity index (χ2n) is 4.48. The quantitative estimate of drug-likeness (QED) is 0.776. The Labute approximate surface area is 120 Å². The number of carbonyl (C=O) groups is 1. The van der Waals surface area contributed by atoms with Crippen LogP contribution in [0.2, 0.25) is 0 Å². The number of hydrogen-bond acceptors (Lipinski definition) is 4. The molecule has 0 bridgehead atoms. The molecule has 6 nitrogen and oxygen atoms in total. The number of para-hydroxylation sites is 1. The minimum atomic E-state index is -0.948. The van der Waals surface area contributed by atoms with E-state index in [1.807, 2.05) is 24.3 Å². The molecule has 0 amide bonds. The Kier molecular flexibility index (Phi) is 3.51. The van der Waals surface area contributed by atoms with E-state index in [2.05, 4.69) is 10.3 Å². The van der Waals surface area contributed by atoms with Crippen molar-refractivity contribution in [1.29, 1.82) is 0 Å². The van der Waals surface area contributed by atoms with E-state index < -0.39 is 5.97 Å². The van der Waals surface area contributed by atoms with Crippen molar-refractivity contribution in [2.45, 2.75) is 6.54 Å². The largest absolute Gasteiger partial charge is 0.492 e. The predicted octanol–water partition coefficient (Wildman–Crippen LogP) is 2.21. The Hall–Kier alpha value is -2.89. The zero-order valence-corrected chi connectivity index (χ0v) is 11.1. The van der Waals surface area contributed by atoms with Crippen LogP contribution in [-0.4, -0.2) is 32.7 Å². The van der Waals surface area contributed by atoms with Crippen LogP contribution < -0.4 is 4.74 Å². The summed E-state index contributed by atoms with van der Waals surface area (Å²) < 4.78 is 7.36. The van der Waals surface area contributed by atoms with Crippen molar-refractivity contribution in [3.63, 3.8) is 0 Å². The highest BCUT2D eigenvalue weighted by molar-refractivity contribution is 5.87. The molecular weight excluding hydrogens is 270 g/mol. The molecule has 3 rings (SSSR count). The Morgan fingerprint density at radius 2 is 1.90 bits per heavy atom. The molecule has 1 N–H and O–H groups in total. The normalized spacial score (nSPS) is 10.7. The van der Waals surface area contributed by atoms with Gasteiger partial charge in [0.15, 0.2) is 0 Å². The molecule has 0 unspecified atom stereocenters. The predicted molar refractivity (Wildman–Crippen MR) is 76.4 cm³/mol. The summed E-state index contributed by atoms with van der Waals surface area (Å²) in [6.45, 7) is 1.00. The van der Waals surface area contributed by atoms with Crippen LogP contribution in [0.4, 0.5) is 0 Å². The van der Waals surface area contributed by atoms with Crippen LogP contribution >= 0.6 is 0 Å². The summed E-state index contributed by atoms with van der Waals surface area (Å²) in [4.78, 5) is 10.7. The molecule has 0 aliphatic rings. The Bertz CT molecular complexity index is 765. The van der Waals surface area contributed by atoms with Crippen molar-refractivity contribution >= 4 is 17.0 Å². The molecule has 106 valence electrons. The third-order valence-corrected chi connectivity index (χ3v) is 3.09. The third kappa shape index (κ3) is 2.84. The van der Waals surface area contributed by atoms with Gasteiger partial charge in [-0.15, -0.1) is 5.10 Å². The second-order valence-corrected chi connectivity index (χ2v) is 4.48. The van der Waals surface area contributed by atoms with Gasteiger partial charge in [-0.25, -0.2) is 9.48 Å². The molecule has 0 aliphatic carbocycles. The van der Waals surface area contributed by atoms with Crippen LogP contribution in [0.1, 0.15) is 10.4 Å². The van der Waals surface area contributed by atoms with Crippen LogP contribution in [-0.2, 0) is 6.54 Å². The summed E-state index contributed by atoms with van der Waals surface area (Å²) in [5, 5.41) is 17.0. The van der Waals surface area contributed by atoms with Crippen molar-refractivity contribution in [3.05, 3.63) is 54.1 Å². The van der Waals surface area contributed by atoms with Crippen molar-refractivity contribution in [1.82, 2.24) is 15.0 Å². The van der Waals surface area contributed by atoms with E-state index in [-0.39, 0.29) is 5.56 Å². The van der Waals surface area contributed by atoms with Gasteiger partial charge in [0.05, 0.1) is 17.6 Å². The highest BCUT2D eigenvalue weighted by Gasteiger charge is 2.04. The topological polar surface area (TPSA) is 77.2 Å². The maximum absolute atomic E-state index is 10.7. The monoisotopic (exact) mass is 283 g/mol. The van der Waals surface area contributed by atoms with Gasteiger partial charge in [0.2, 0.25) is 0 Å². The zero-order chi connectivity index (χ0) is 14.7. The second kappa shape index (κ2) is 5.62. The molecule has 1 heterocycles. The lowest BCUT2D eigenvalue weighted by molar-refractivity contribution is 0.0697. The van der Waals surface area contributed by atoms with Crippen molar-refractivity contribution in [2.75, 3.05) is 6.61 Å². The molecule has 6 heteroatoms. The van der Waals surface area contributed by atoms with Crippen molar-refractivity contribution < 1.29 is 14.6 Å². The number of aromatic carboxylic acids is 1. The minimum absolute atomic E-state index is 0.240. The number of carboxylic acid groups (broad SMARTS) is 1. The highest BCUT2D eigenvalue weighted by Crippen LogP contribution is 2.13. The fourth-order valence-electron chi connectivity index (χ4n) is 2.03. The number of carboxylic acids is 1. The molecule has 1 aromatic heterocycles. The van der Waals surface area contributed by atoms with Gasteiger partial charge < -0.3 is 9.84 Å². The number of benzene rings is 2. The molecule has 21 heavy (non-hydrogen) atoms. The molecule has 3 aromatic rings. The highest BCUT2D eigenvalue weighted by atomic mass is 16.5. The molecule has 0 spiro atoms. The number of fused-ring (bicyclic) bond motifs is 1. The van der Waals surface area contributed by atoms with Gasteiger partial charge in [-0.3, -0.25) is 0 Å². The van der Waals surface area contributed by atoms with E-state index in [0.29, 0.717) is 18.9 Å². The lowest BCUT2D eigenvalue weighted by atomic mass is 10.2. The van der Waals surface area contributed by atoms with Crippen LogP contribution in [0.3, 0.4) is 0 Å². The first kappa shape index (κ1) is 13.1. The fourth-order valence-corrected chi connectivity index (χ4v) is 2.03. The first-order chi connectivity index (χ1) is 10.2. The third-order valence-electron chi connectivity index (χ3n) is 3.09. The van der Waals surface area contributed by atoms with Gasteiger partial charge in [-0.1, -0.05) is 17.3 Å². The molecule has 0 radical (unpaired) electrons. The van der Waals surface area contributed by atoms with Crippen LogP contribution in [0.25, 0.3) is 11.0 Å². The molecular formula is C15H13N3O3. The van der Waals surface area contributed by atoms with Gasteiger partial charge in [0, 0.05) is 0 Å². The van der Waals surface area contributed by atoms with Gasteiger partial charge in [0.1, 0.15) is 17.9 Å². The van der Waals surface area contributed by atoms with E-state index in [4.69, 9.17) is 9.84 Å². The SMILES string of the molecule is O=C(O)c1ccc(OCCn2nnc3ccccc32)cc1.